The zero-order chi connectivity index (χ0) is 14.0. The second kappa shape index (κ2) is 5.08. The van der Waals surface area contributed by atoms with E-state index in [0.29, 0.717) is 0 Å². The van der Waals surface area contributed by atoms with Gasteiger partial charge in [0.25, 0.3) is 0 Å². The number of hydrogen-bond donors (Lipinski definition) is 1. The van der Waals surface area contributed by atoms with E-state index in [9.17, 15) is 0 Å². The summed E-state index contributed by atoms with van der Waals surface area (Å²) in [6, 6.07) is 15.2. The highest BCUT2D eigenvalue weighted by Gasteiger charge is 2.12. The van der Waals surface area contributed by atoms with Crippen molar-refractivity contribution in [3.05, 3.63) is 59.2 Å². The first-order valence-corrected chi connectivity index (χ1v) is 6.81. The van der Waals surface area contributed by atoms with Crippen LogP contribution in [0.1, 0.15) is 37.5 Å². The van der Waals surface area contributed by atoms with Crippen LogP contribution < -0.4 is 5.32 Å². The first-order chi connectivity index (χ1) is 8.86. The lowest BCUT2D eigenvalue weighted by Gasteiger charge is -2.19. The Kier molecular flexibility index (Phi) is 3.66. The van der Waals surface area contributed by atoms with Crippen LogP contribution in [0.25, 0.3) is 0 Å². The molecule has 0 aliphatic carbocycles. The molecule has 0 fully saturated rings. The van der Waals surface area contributed by atoms with E-state index in [-0.39, 0.29) is 5.41 Å². The second-order valence-corrected chi connectivity index (χ2v) is 6.27. The van der Waals surface area contributed by atoms with Crippen LogP contribution in [0.2, 0.25) is 0 Å². The van der Waals surface area contributed by atoms with Gasteiger partial charge in [0.2, 0.25) is 0 Å². The highest BCUT2D eigenvalue weighted by molar-refractivity contribution is 5.63. The summed E-state index contributed by atoms with van der Waals surface area (Å²) in [5.74, 6) is 0. The third-order valence-corrected chi connectivity index (χ3v) is 3.41. The minimum absolute atomic E-state index is 0.207. The Hall–Kier alpha value is -1.76. The maximum Gasteiger partial charge on any atom is 0.0414 e. The smallest absolute Gasteiger partial charge is 0.0414 e. The molecule has 2 aromatic carbocycles. The van der Waals surface area contributed by atoms with Crippen molar-refractivity contribution < 1.29 is 0 Å². The molecule has 0 atom stereocenters. The Morgan fingerprint density at radius 2 is 1.47 bits per heavy atom. The number of anilines is 2. The molecular weight excluding hydrogens is 230 g/mol. The summed E-state index contributed by atoms with van der Waals surface area (Å²) < 4.78 is 0. The topological polar surface area (TPSA) is 12.0 Å². The van der Waals surface area contributed by atoms with E-state index < -0.39 is 0 Å². The minimum Gasteiger partial charge on any atom is -0.355 e. The molecule has 2 rings (SSSR count). The molecule has 1 nitrogen and oxygen atoms in total. The third-order valence-electron chi connectivity index (χ3n) is 3.41. The maximum absolute atomic E-state index is 3.48. The number of hydrogen-bond acceptors (Lipinski definition) is 1. The molecule has 0 saturated heterocycles. The van der Waals surface area contributed by atoms with Crippen LogP contribution in [0.3, 0.4) is 0 Å². The van der Waals surface area contributed by atoms with E-state index in [1.165, 1.54) is 22.4 Å². The Labute approximate surface area is 116 Å². The molecule has 0 aromatic heterocycles. The molecule has 0 heterocycles. The van der Waals surface area contributed by atoms with E-state index in [1.807, 2.05) is 0 Å². The van der Waals surface area contributed by atoms with E-state index in [2.05, 4.69) is 82.4 Å². The Morgan fingerprint density at radius 3 is 2.00 bits per heavy atom. The molecule has 0 bridgehead atoms. The molecule has 0 radical (unpaired) electrons. The molecule has 100 valence electrons. The molecule has 1 N–H and O–H groups in total. The summed E-state index contributed by atoms with van der Waals surface area (Å²) in [6.07, 6.45) is 0. The lowest BCUT2D eigenvalue weighted by atomic mass is 9.87. The van der Waals surface area contributed by atoms with Gasteiger partial charge >= 0.3 is 0 Å². The summed E-state index contributed by atoms with van der Waals surface area (Å²) in [6.45, 7) is 11.0. The van der Waals surface area contributed by atoms with Crippen molar-refractivity contribution in [3.63, 3.8) is 0 Å². The highest BCUT2D eigenvalue weighted by Crippen LogP contribution is 2.26. The van der Waals surface area contributed by atoms with Gasteiger partial charge in [-0.05, 0) is 48.6 Å². The summed E-state index contributed by atoms with van der Waals surface area (Å²) in [7, 11) is 0. The lowest BCUT2D eigenvalue weighted by Crippen LogP contribution is -2.10. The van der Waals surface area contributed by atoms with Gasteiger partial charge in [-0.15, -0.1) is 0 Å². The molecule has 0 unspecified atom stereocenters. The largest absolute Gasteiger partial charge is 0.355 e. The SMILES string of the molecule is Cc1ccc(Nc2ccc(C(C)(C)C)cc2)c(C)c1. The van der Waals surface area contributed by atoms with Gasteiger partial charge in [0.15, 0.2) is 0 Å². The molecule has 0 aliphatic heterocycles. The van der Waals surface area contributed by atoms with E-state index in [1.54, 1.807) is 0 Å². The van der Waals surface area contributed by atoms with Crippen LogP contribution in [-0.2, 0) is 5.41 Å². The van der Waals surface area contributed by atoms with E-state index in [4.69, 9.17) is 0 Å². The summed E-state index contributed by atoms with van der Waals surface area (Å²) in [5.41, 5.74) is 6.46. The van der Waals surface area contributed by atoms with Crippen LogP contribution >= 0.6 is 0 Å². The van der Waals surface area contributed by atoms with Crippen LogP contribution in [0, 0.1) is 13.8 Å². The number of aryl methyl sites for hydroxylation is 2. The standard InChI is InChI=1S/C18H23N/c1-13-6-11-17(14(2)12-13)19-16-9-7-15(8-10-16)18(3,4)5/h6-12,19H,1-5H3. The van der Waals surface area contributed by atoms with Crippen molar-refractivity contribution in [2.24, 2.45) is 0 Å². The molecule has 19 heavy (non-hydrogen) atoms. The molecule has 2 aromatic rings. The first kappa shape index (κ1) is 13.7. The molecule has 0 spiro atoms. The number of benzene rings is 2. The van der Waals surface area contributed by atoms with Crippen LogP contribution in [-0.4, -0.2) is 0 Å². The summed E-state index contributed by atoms with van der Waals surface area (Å²) >= 11 is 0. The first-order valence-electron chi connectivity index (χ1n) is 6.81. The second-order valence-electron chi connectivity index (χ2n) is 6.27. The van der Waals surface area contributed by atoms with E-state index >= 15 is 0 Å². The van der Waals surface area contributed by atoms with Gasteiger partial charge in [-0.1, -0.05) is 50.6 Å². The molecular formula is C18H23N. The maximum atomic E-state index is 3.48. The quantitative estimate of drug-likeness (QED) is 0.761. The van der Waals surface area contributed by atoms with Crippen LogP contribution in [0.4, 0.5) is 11.4 Å². The van der Waals surface area contributed by atoms with Crippen molar-refractivity contribution in [1.82, 2.24) is 0 Å². The zero-order valence-corrected chi connectivity index (χ0v) is 12.5. The van der Waals surface area contributed by atoms with Gasteiger partial charge in [-0.3, -0.25) is 0 Å². The van der Waals surface area contributed by atoms with Gasteiger partial charge in [-0.25, -0.2) is 0 Å². The minimum atomic E-state index is 0.207. The molecule has 0 saturated carbocycles. The van der Waals surface area contributed by atoms with Crippen molar-refractivity contribution in [2.75, 3.05) is 5.32 Å². The third kappa shape index (κ3) is 3.37. The van der Waals surface area contributed by atoms with Gasteiger partial charge in [0.1, 0.15) is 0 Å². The monoisotopic (exact) mass is 253 g/mol. The van der Waals surface area contributed by atoms with E-state index in [0.717, 1.165) is 5.69 Å². The van der Waals surface area contributed by atoms with Gasteiger partial charge in [-0.2, -0.15) is 0 Å². The number of nitrogens with one attached hydrogen (secondary N) is 1. The van der Waals surface area contributed by atoms with Crippen LogP contribution in [0.5, 0.6) is 0 Å². The lowest BCUT2D eigenvalue weighted by molar-refractivity contribution is 0.590. The van der Waals surface area contributed by atoms with Crippen molar-refractivity contribution in [3.8, 4) is 0 Å². The predicted octanol–water partition coefficient (Wildman–Crippen LogP) is 5.34. The van der Waals surface area contributed by atoms with Crippen molar-refractivity contribution >= 4 is 11.4 Å². The highest BCUT2D eigenvalue weighted by atomic mass is 14.9. The Bertz CT molecular complexity index is 559. The average molecular weight is 253 g/mol. The molecule has 0 amide bonds. The number of rotatable bonds is 2. The fraction of sp³-hybridized carbons (Fsp3) is 0.333. The fourth-order valence-electron chi connectivity index (χ4n) is 2.16. The molecule has 0 aliphatic rings. The zero-order valence-electron chi connectivity index (χ0n) is 12.5. The van der Waals surface area contributed by atoms with Crippen LogP contribution in [0.15, 0.2) is 42.5 Å². The van der Waals surface area contributed by atoms with Crippen molar-refractivity contribution in [1.29, 1.82) is 0 Å². The fourth-order valence-corrected chi connectivity index (χ4v) is 2.16. The Balaban J connectivity index is 2.20. The molecule has 1 heteroatoms. The average Bonchev–Trinajstić information content (AvgIpc) is 2.32. The summed E-state index contributed by atoms with van der Waals surface area (Å²) in [4.78, 5) is 0. The van der Waals surface area contributed by atoms with Gasteiger partial charge < -0.3 is 5.32 Å². The Morgan fingerprint density at radius 1 is 0.842 bits per heavy atom. The predicted molar refractivity (Wildman–Crippen MR) is 84.3 cm³/mol. The van der Waals surface area contributed by atoms with Gasteiger partial charge in [0.05, 0.1) is 0 Å². The normalized spacial score (nSPS) is 11.4. The van der Waals surface area contributed by atoms with Crippen molar-refractivity contribution in [2.45, 2.75) is 40.0 Å². The summed E-state index contributed by atoms with van der Waals surface area (Å²) in [5, 5.41) is 3.48. The van der Waals surface area contributed by atoms with Gasteiger partial charge in [0, 0.05) is 11.4 Å².